The molecule has 0 aliphatic rings. The molecule has 0 bridgehead atoms. The van der Waals surface area contributed by atoms with Gasteiger partial charge in [-0.15, -0.1) is 0 Å². The topological polar surface area (TPSA) is 50.9 Å². The number of hydrogen-bond acceptors (Lipinski definition) is 3. The first-order valence-electron chi connectivity index (χ1n) is 5.83. The number of halogens is 1. The highest BCUT2D eigenvalue weighted by Gasteiger charge is 2.09. The zero-order chi connectivity index (χ0) is 13.0. The summed E-state index contributed by atoms with van der Waals surface area (Å²) in [6.45, 7) is 2.49. The van der Waals surface area contributed by atoms with E-state index >= 15 is 0 Å². The summed E-state index contributed by atoms with van der Waals surface area (Å²) < 4.78 is 0. The molecule has 0 fully saturated rings. The molecule has 0 saturated heterocycles. The molecule has 1 heterocycles. The molecule has 0 aliphatic carbocycles. The molecule has 3 nitrogen and oxygen atoms in total. The number of nitrogens with one attached hydrogen (secondary N) is 1. The van der Waals surface area contributed by atoms with Crippen LogP contribution in [0.1, 0.15) is 17.2 Å². The van der Waals surface area contributed by atoms with Crippen molar-refractivity contribution in [2.45, 2.75) is 13.0 Å². The molecular weight excluding hydrogens is 246 g/mol. The lowest BCUT2D eigenvalue weighted by Gasteiger charge is -2.18. The van der Waals surface area contributed by atoms with E-state index in [9.17, 15) is 0 Å². The standard InChI is InChI=1S/C14H16ClN3/c1-10-2-3-12(8-13(10)15)18-14(9-16)11-4-6-17-7-5-11/h2-8,14,18H,9,16H2,1H3. The molecule has 1 atom stereocenters. The minimum atomic E-state index is 0.0618. The molecule has 0 aliphatic heterocycles. The van der Waals surface area contributed by atoms with Gasteiger partial charge in [0.25, 0.3) is 0 Å². The molecule has 0 amide bonds. The first kappa shape index (κ1) is 12.9. The Morgan fingerprint density at radius 2 is 2.00 bits per heavy atom. The Balaban J connectivity index is 2.18. The molecule has 1 aromatic carbocycles. The zero-order valence-electron chi connectivity index (χ0n) is 10.2. The van der Waals surface area contributed by atoms with Crippen molar-refractivity contribution in [3.05, 3.63) is 58.9 Å². The molecule has 2 rings (SSSR count). The number of benzene rings is 1. The number of aromatic nitrogens is 1. The zero-order valence-corrected chi connectivity index (χ0v) is 11.0. The summed E-state index contributed by atoms with van der Waals surface area (Å²) in [7, 11) is 0. The summed E-state index contributed by atoms with van der Waals surface area (Å²) in [4.78, 5) is 4.01. The number of anilines is 1. The van der Waals surface area contributed by atoms with Gasteiger partial charge in [0.1, 0.15) is 0 Å². The molecular formula is C14H16ClN3. The lowest BCUT2D eigenvalue weighted by Crippen LogP contribution is -2.20. The van der Waals surface area contributed by atoms with E-state index in [4.69, 9.17) is 17.3 Å². The van der Waals surface area contributed by atoms with Crippen molar-refractivity contribution in [2.24, 2.45) is 5.73 Å². The van der Waals surface area contributed by atoms with Gasteiger partial charge in [0.15, 0.2) is 0 Å². The van der Waals surface area contributed by atoms with E-state index in [0.29, 0.717) is 6.54 Å². The fourth-order valence-electron chi connectivity index (χ4n) is 1.76. The Labute approximate surface area is 112 Å². The summed E-state index contributed by atoms with van der Waals surface area (Å²) in [6.07, 6.45) is 3.53. The molecule has 4 heteroatoms. The number of nitrogens with two attached hydrogens (primary N) is 1. The smallest absolute Gasteiger partial charge is 0.0637 e. The normalized spacial score (nSPS) is 12.2. The van der Waals surface area contributed by atoms with Crippen molar-refractivity contribution in [1.29, 1.82) is 0 Å². The van der Waals surface area contributed by atoms with Crippen LogP contribution >= 0.6 is 11.6 Å². The highest BCUT2D eigenvalue weighted by Crippen LogP contribution is 2.23. The van der Waals surface area contributed by atoms with Crippen LogP contribution in [-0.2, 0) is 0 Å². The summed E-state index contributed by atoms with van der Waals surface area (Å²) in [5, 5.41) is 4.13. The minimum Gasteiger partial charge on any atom is -0.377 e. The van der Waals surface area contributed by atoms with E-state index in [1.54, 1.807) is 12.4 Å². The van der Waals surface area contributed by atoms with Gasteiger partial charge in [-0.25, -0.2) is 0 Å². The monoisotopic (exact) mass is 261 g/mol. The van der Waals surface area contributed by atoms with Crippen LogP contribution in [0.15, 0.2) is 42.7 Å². The number of rotatable bonds is 4. The molecule has 2 aromatic rings. The Bertz CT molecular complexity index is 514. The van der Waals surface area contributed by atoms with E-state index in [1.165, 1.54) is 0 Å². The number of hydrogen-bond donors (Lipinski definition) is 2. The molecule has 18 heavy (non-hydrogen) atoms. The van der Waals surface area contributed by atoms with Gasteiger partial charge in [-0.2, -0.15) is 0 Å². The van der Waals surface area contributed by atoms with Crippen LogP contribution in [0.2, 0.25) is 5.02 Å². The largest absolute Gasteiger partial charge is 0.377 e. The quantitative estimate of drug-likeness (QED) is 0.889. The summed E-state index contributed by atoms with van der Waals surface area (Å²) in [5.74, 6) is 0. The summed E-state index contributed by atoms with van der Waals surface area (Å²) in [6, 6.07) is 9.89. The fraction of sp³-hybridized carbons (Fsp3) is 0.214. The van der Waals surface area contributed by atoms with Crippen molar-refractivity contribution in [3.63, 3.8) is 0 Å². The third-order valence-corrected chi connectivity index (χ3v) is 3.26. The summed E-state index contributed by atoms with van der Waals surface area (Å²) >= 11 is 6.11. The minimum absolute atomic E-state index is 0.0618. The Morgan fingerprint density at radius 1 is 1.28 bits per heavy atom. The van der Waals surface area contributed by atoms with E-state index in [0.717, 1.165) is 21.8 Å². The average molecular weight is 262 g/mol. The van der Waals surface area contributed by atoms with E-state index in [1.807, 2.05) is 37.3 Å². The van der Waals surface area contributed by atoms with E-state index in [2.05, 4.69) is 10.3 Å². The molecule has 0 radical (unpaired) electrons. The first-order valence-corrected chi connectivity index (χ1v) is 6.21. The van der Waals surface area contributed by atoms with Gasteiger partial charge in [-0.1, -0.05) is 17.7 Å². The number of aryl methyl sites for hydroxylation is 1. The predicted octanol–water partition coefficient (Wildman–Crippen LogP) is 3.16. The van der Waals surface area contributed by atoms with Crippen LogP contribution in [0, 0.1) is 6.92 Å². The molecule has 94 valence electrons. The third-order valence-electron chi connectivity index (χ3n) is 2.86. The maximum absolute atomic E-state index is 6.11. The number of nitrogens with zero attached hydrogens (tertiary/aromatic N) is 1. The lowest BCUT2D eigenvalue weighted by atomic mass is 10.1. The van der Waals surface area contributed by atoms with Gasteiger partial charge in [0.05, 0.1) is 6.04 Å². The SMILES string of the molecule is Cc1ccc(NC(CN)c2ccncc2)cc1Cl. The van der Waals surface area contributed by atoms with E-state index < -0.39 is 0 Å². The van der Waals surface area contributed by atoms with Crippen molar-refractivity contribution in [3.8, 4) is 0 Å². The highest BCUT2D eigenvalue weighted by molar-refractivity contribution is 6.31. The molecule has 1 unspecified atom stereocenters. The Hall–Kier alpha value is -1.58. The average Bonchev–Trinajstić information content (AvgIpc) is 2.41. The molecule has 0 saturated carbocycles. The van der Waals surface area contributed by atoms with Crippen LogP contribution < -0.4 is 11.1 Å². The predicted molar refractivity (Wildman–Crippen MR) is 75.8 cm³/mol. The second-order valence-electron chi connectivity index (χ2n) is 4.18. The van der Waals surface area contributed by atoms with Gasteiger partial charge in [0, 0.05) is 29.6 Å². The van der Waals surface area contributed by atoms with Gasteiger partial charge in [-0.05, 0) is 42.3 Å². The molecule has 1 aromatic heterocycles. The van der Waals surface area contributed by atoms with E-state index in [-0.39, 0.29) is 6.04 Å². The second kappa shape index (κ2) is 5.85. The fourth-order valence-corrected chi connectivity index (χ4v) is 1.94. The third kappa shape index (κ3) is 3.00. The Morgan fingerprint density at radius 3 is 2.61 bits per heavy atom. The molecule has 0 spiro atoms. The maximum Gasteiger partial charge on any atom is 0.0637 e. The molecule has 3 N–H and O–H groups in total. The number of pyridine rings is 1. The van der Waals surface area contributed by atoms with Gasteiger partial charge in [-0.3, -0.25) is 4.98 Å². The van der Waals surface area contributed by atoms with Crippen molar-refractivity contribution in [1.82, 2.24) is 4.98 Å². The van der Waals surface area contributed by atoms with Crippen LogP contribution in [0.3, 0.4) is 0 Å². The second-order valence-corrected chi connectivity index (χ2v) is 4.58. The van der Waals surface area contributed by atoms with Crippen molar-refractivity contribution in [2.75, 3.05) is 11.9 Å². The van der Waals surface area contributed by atoms with Crippen molar-refractivity contribution < 1.29 is 0 Å². The van der Waals surface area contributed by atoms with Crippen LogP contribution in [0.5, 0.6) is 0 Å². The van der Waals surface area contributed by atoms with Gasteiger partial charge < -0.3 is 11.1 Å². The lowest BCUT2D eigenvalue weighted by molar-refractivity contribution is 0.788. The van der Waals surface area contributed by atoms with Crippen LogP contribution in [-0.4, -0.2) is 11.5 Å². The Kier molecular flexibility index (Phi) is 4.18. The van der Waals surface area contributed by atoms with Gasteiger partial charge in [0.2, 0.25) is 0 Å². The van der Waals surface area contributed by atoms with Crippen LogP contribution in [0.25, 0.3) is 0 Å². The van der Waals surface area contributed by atoms with Crippen molar-refractivity contribution >= 4 is 17.3 Å². The maximum atomic E-state index is 6.11. The highest BCUT2D eigenvalue weighted by atomic mass is 35.5. The van der Waals surface area contributed by atoms with Gasteiger partial charge >= 0.3 is 0 Å². The first-order chi connectivity index (χ1) is 8.70. The summed E-state index contributed by atoms with van der Waals surface area (Å²) in [5.41, 5.74) is 8.96. The van der Waals surface area contributed by atoms with Crippen LogP contribution in [0.4, 0.5) is 5.69 Å².